The number of hydrogen-bond acceptors (Lipinski definition) is 1. The molecule has 0 amide bonds. The van der Waals surface area contributed by atoms with E-state index in [2.05, 4.69) is 43.3 Å². The molecule has 0 aromatic heterocycles. The van der Waals surface area contributed by atoms with Gasteiger partial charge in [0.25, 0.3) is 0 Å². The molecule has 0 radical (unpaired) electrons. The molecule has 0 bridgehead atoms. The zero-order valence-electron chi connectivity index (χ0n) is 13.4. The summed E-state index contributed by atoms with van der Waals surface area (Å²) in [5.41, 5.74) is 2.97. The van der Waals surface area contributed by atoms with Crippen LogP contribution in [0.15, 0.2) is 129 Å². The Labute approximate surface area is 140 Å². The van der Waals surface area contributed by atoms with Gasteiger partial charge in [0.2, 0.25) is 0 Å². The first-order valence-corrected chi connectivity index (χ1v) is 7.37. The fourth-order valence-corrected chi connectivity index (χ4v) is 2.01. The van der Waals surface area contributed by atoms with Crippen LogP contribution < -0.4 is 4.90 Å². The summed E-state index contributed by atoms with van der Waals surface area (Å²) in [6, 6.07) is 10.1. The molecule has 0 aliphatic carbocycles. The van der Waals surface area contributed by atoms with E-state index in [0.717, 1.165) is 17.1 Å². The van der Waals surface area contributed by atoms with Crippen molar-refractivity contribution in [1.82, 2.24) is 0 Å². The van der Waals surface area contributed by atoms with E-state index in [4.69, 9.17) is 0 Å². The van der Waals surface area contributed by atoms with Crippen LogP contribution in [0.5, 0.6) is 0 Å². The average molecular weight is 301 g/mol. The Morgan fingerprint density at radius 3 is 1.57 bits per heavy atom. The van der Waals surface area contributed by atoms with Crippen LogP contribution in [0.25, 0.3) is 0 Å². The van der Waals surface area contributed by atoms with Crippen molar-refractivity contribution < 1.29 is 0 Å². The molecule has 0 atom stereocenters. The first-order valence-electron chi connectivity index (χ1n) is 7.37. The van der Waals surface area contributed by atoms with Gasteiger partial charge in [-0.25, -0.2) is 0 Å². The van der Waals surface area contributed by atoms with Crippen LogP contribution in [-0.4, -0.2) is 0 Å². The second-order valence-corrected chi connectivity index (χ2v) is 4.52. The molecule has 1 aromatic carbocycles. The lowest BCUT2D eigenvalue weighted by atomic mass is 10.2. The van der Waals surface area contributed by atoms with Crippen molar-refractivity contribution in [2.75, 3.05) is 4.90 Å². The van der Waals surface area contributed by atoms with E-state index in [0.29, 0.717) is 0 Å². The molecule has 0 aliphatic rings. The Kier molecular flexibility index (Phi) is 8.32. The number of nitrogens with zero attached hydrogens (tertiary/aromatic N) is 1. The summed E-state index contributed by atoms with van der Waals surface area (Å²) in [4.78, 5) is 2.11. The van der Waals surface area contributed by atoms with Crippen LogP contribution in [0.1, 0.15) is 0 Å². The Hall–Kier alpha value is -3.06. The largest absolute Gasteiger partial charge is 0.311 e. The lowest BCUT2D eigenvalue weighted by molar-refractivity contribution is 1.14. The molecule has 0 fully saturated rings. The maximum Gasteiger partial charge on any atom is 0.0461 e. The van der Waals surface area contributed by atoms with Gasteiger partial charge in [-0.05, 0) is 36.4 Å². The van der Waals surface area contributed by atoms with Crippen molar-refractivity contribution in [3.8, 4) is 0 Å². The molecule has 1 rings (SSSR count). The third-order valence-electron chi connectivity index (χ3n) is 2.91. The quantitative estimate of drug-likeness (QED) is 0.497. The van der Waals surface area contributed by atoms with Crippen LogP contribution in [0, 0.1) is 0 Å². The fourth-order valence-electron chi connectivity index (χ4n) is 2.01. The Morgan fingerprint density at radius 2 is 1.17 bits per heavy atom. The summed E-state index contributed by atoms with van der Waals surface area (Å²) < 4.78 is 0. The van der Waals surface area contributed by atoms with Gasteiger partial charge in [0.1, 0.15) is 0 Å². The second-order valence-electron chi connectivity index (χ2n) is 4.52. The molecule has 1 nitrogen and oxygen atoms in total. The Bertz CT molecular complexity index is 614. The van der Waals surface area contributed by atoms with Gasteiger partial charge < -0.3 is 4.90 Å². The molecule has 1 heteroatoms. The molecule has 0 heterocycles. The lowest BCUT2D eigenvalue weighted by Crippen LogP contribution is -2.19. The first kappa shape index (κ1) is 18.0. The van der Waals surface area contributed by atoms with Crippen molar-refractivity contribution in [3.63, 3.8) is 0 Å². The molecule has 116 valence electrons. The molecule has 0 saturated carbocycles. The molecule has 0 unspecified atom stereocenters. The number of hydrogen-bond donors (Lipinski definition) is 0. The van der Waals surface area contributed by atoms with Crippen LogP contribution in [-0.2, 0) is 0 Å². The first-order chi connectivity index (χ1) is 11.3. The average Bonchev–Trinajstić information content (AvgIpc) is 2.58. The number of allylic oxidation sites excluding steroid dienone is 10. The van der Waals surface area contributed by atoms with Crippen LogP contribution in [0.2, 0.25) is 0 Å². The predicted molar refractivity (Wildman–Crippen MR) is 104 cm³/mol. The third kappa shape index (κ3) is 5.68. The van der Waals surface area contributed by atoms with Crippen LogP contribution in [0.4, 0.5) is 5.69 Å². The van der Waals surface area contributed by atoms with Crippen molar-refractivity contribution >= 4 is 5.69 Å². The van der Waals surface area contributed by atoms with Crippen LogP contribution >= 0.6 is 0 Å². The standard InChI is InChI=1S/C22H23N/c1-5-9-16-20(14-7-3)23(22-18-12-11-13-19-22)21(15-8-4)17-10-6-2/h5-19H,1-4H2/b16-9-,17-10-,20-14+,21-15+. The van der Waals surface area contributed by atoms with Gasteiger partial charge in [-0.2, -0.15) is 0 Å². The van der Waals surface area contributed by atoms with Crippen molar-refractivity contribution in [2.24, 2.45) is 0 Å². The highest BCUT2D eigenvalue weighted by Gasteiger charge is 2.12. The SMILES string of the molecule is C=C/C=C\C(=C/C=C)N(C(/C=C\C=C)=C/C=C)c1ccccc1. The van der Waals surface area contributed by atoms with E-state index in [1.54, 1.807) is 24.3 Å². The van der Waals surface area contributed by atoms with Crippen molar-refractivity contribution in [2.45, 2.75) is 0 Å². The molecule has 0 aliphatic heterocycles. The minimum atomic E-state index is 0.966. The highest BCUT2D eigenvalue weighted by atomic mass is 15.1. The molecule has 0 saturated heterocycles. The van der Waals surface area contributed by atoms with Gasteiger partial charge in [0.15, 0.2) is 0 Å². The molecular formula is C22H23N. The van der Waals surface area contributed by atoms with E-state index in [-0.39, 0.29) is 0 Å². The maximum absolute atomic E-state index is 3.82. The predicted octanol–water partition coefficient (Wildman–Crippen LogP) is 6.12. The molecule has 23 heavy (non-hydrogen) atoms. The Balaban J connectivity index is 3.52. The van der Waals surface area contributed by atoms with Gasteiger partial charge in [-0.15, -0.1) is 0 Å². The topological polar surface area (TPSA) is 3.24 Å². The van der Waals surface area contributed by atoms with Crippen molar-refractivity contribution in [3.05, 3.63) is 129 Å². The fraction of sp³-hybridized carbons (Fsp3) is 0. The minimum Gasteiger partial charge on any atom is -0.311 e. The molecular weight excluding hydrogens is 278 g/mol. The molecule has 1 aromatic rings. The van der Waals surface area contributed by atoms with E-state index >= 15 is 0 Å². The van der Waals surface area contributed by atoms with Crippen LogP contribution in [0.3, 0.4) is 0 Å². The second kappa shape index (κ2) is 10.6. The number of anilines is 1. The normalized spacial score (nSPS) is 12.3. The van der Waals surface area contributed by atoms with Gasteiger partial charge in [-0.3, -0.25) is 0 Å². The van der Waals surface area contributed by atoms with Crippen molar-refractivity contribution in [1.29, 1.82) is 0 Å². The molecule has 0 N–H and O–H groups in total. The zero-order valence-corrected chi connectivity index (χ0v) is 13.4. The summed E-state index contributed by atoms with van der Waals surface area (Å²) >= 11 is 0. The molecule has 0 spiro atoms. The van der Waals surface area contributed by atoms with E-state index in [1.165, 1.54) is 0 Å². The summed E-state index contributed by atoms with van der Waals surface area (Å²) in [7, 11) is 0. The highest BCUT2D eigenvalue weighted by Crippen LogP contribution is 2.26. The number of rotatable bonds is 9. The third-order valence-corrected chi connectivity index (χ3v) is 2.91. The summed E-state index contributed by atoms with van der Waals surface area (Å²) in [5.74, 6) is 0. The highest BCUT2D eigenvalue weighted by molar-refractivity contribution is 5.63. The van der Waals surface area contributed by atoms with Gasteiger partial charge in [0.05, 0.1) is 0 Å². The van der Waals surface area contributed by atoms with E-state index in [1.807, 2.05) is 54.7 Å². The van der Waals surface area contributed by atoms with Gasteiger partial charge >= 0.3 is 0 Å². The van der Waals surface area contributed by atoms with Gasteiger partial charge in [-0.1, -0.05) is 81.0 Å². The summed E-state index contributed by atoms with van der Waals surface area (Å²) in [6.07, 6.45) is 18.7. The van der Waals surface area contributed by atoms with Gasteiger partial charge in [0, 0.05) is 17.1 Å². The minimum absolute atomic E-state index is 0.966. The van der Waals surface area contributed by atoms with E-state index < -0.39 is 0 Å². The van der Waals surface area contributed by atoms with E-state index in [9.17, 15) is 0 Å². The summed E-state index contributed by atoms with van der Waals surface area (Å²) in [5, 5.41) is 0. The zero-order chi connectivity index (χ0) is 16.9. The number of benzene rings is 1. The maximum atomic E-state index is 3.82. The Morgan fingerprint density at radius 1 is 0.696 bits per heavy atom. The monoisotopic (exact) mass is 301 g/mol. The lowest BCUT2D eigenvalue weighted by Gasteiger charge is -2.27. The number of para-hydroxylation sites is 1. The summed E-state index contributed by atoms with van der Waals surface area (Å²) in [6.45, 7) is 15.1. The smallest absolute Gasteiger partial charge is 0.0461 e.